The lowest BCUT2D eigenvalue weighted by atomic mass is 9.83. The van der Waals surface area contributed by atoms with Crippen LogP contribution in [0.1, 0.15) is 52.9 Å². The van der Waals surface area contributed by atoms with Gasteiger partial charge in [0.25, 0.3) is 0 Å². The molecule has 1 heterocycles. The summed E-state index contributed by atoms with van der Waals surface area (Å²) >= 11 is 0. The van der Waals surface area contributed by atoms with E-state index in [0.717, 1.165) is 32.2 Å². The van der Waals surface area contributed by atoms with E-state index in [1.807, 2.05) is 6.92 Å². The van der Waals surface area contributed by atoms with Gasteiger partial charge in [0.15, 0.2) is 0 Å². The van der Waals surface area contributed by atoms with Crippen LogP contribution in [0.25, 0.3) is 0 Å². The van der Waals surface area contributed by atoms with Gasteiger partial charge >= 0.3 is 0 Å². The minimum atomic E-state index is -3.05. The first kappa shape index (κ1) is 18.9. The highest BCUT2D eigenvalue weighted by molar-refractivity contribution is 7.89. The summed E-state index contributed by atoms with van der Waals surface area (Å²) in [5.74, 6) is 0.254. The fraction of sp³-hybridized carbons (Fsp3) is 1.00. The molecule has 0 saturated carbocycles. The van der Waals surface area contributed by atoms with E-state index < -0.39 is 10.0 Å². The smallest absolute Gasteiger partial charge is 0.214 e. The number of nitrogens with one attached hydrogen (secondary N) is 1. The van der Waals surface area contributed by atoms with E-state index in [2.05, 4.69) is 19.2 Å². The molecule has 0 aliphatic carbocycles. The van der Waals surface area contributed by atoms with Gasteiger partial charge in [-0.15, -0.1) is 0 Å². The average molecular weight is 320 g/mol. The van der Waals surface area contributed by atoms with E-state index in [4.69, 9.17) is 0 Å². The first-order chi connectivity index (χ1) is 9.93. The largest absolute Gasteiger partial charge is 0.396 e. The molecule has 21 heavy (non-hydrogen) atoms. The normalized spacial score (nSPS) is 19.0. The van der Waals surface area contributed by atoms with Crippen LogP contribution < -0.4 is 5.32 Å². The Bertz CT molecular complexity index is 377. The minimum absolute atomic E-state index is 0.0363. The van der Waals surface area contributed by atoms with E-state index >= 15 is 0 Å². The van der Waals surface area contributed by atoms with E-state index in [1.165, 1.54) is 0 Å². The topological polar surface area (TPSA) is 69.6 Å². The molecule has 0 aromatic carbocycles. The molecule has 1 saturated heterocycles. The summed E-state index contributed by atoms with van der Waals surface area (Å²) in [7, 11) is -3.05. The molecule has 0 atom stereocenters. The van der Waals surface area contributed by atoms with Crippen molar-refractivity contribution in [1.29, 1.82) is 0 Å². The van der Waals surface area contributed by atoms with Crippen molar-refractivity contribution in [2.75, 3.05) is 32.0 Å². The molecule has 0 spiro atoms. The van der Waals surface area contributed by atoms with Gasteiger partial charge in [-0.1, -0.05) is 20.8 Å². The quantitative estimate of drug-likeness (QED) is 0.677. The number of hydrogen-bond acceptors (Lipinski definition) is 4. The van der Waals surface area contributed by atoms with Gasteiger partial charge < -0.3 is 10.4 Å². The molecule has 6 heteroatoms. The SMILES string of the molecule is CCCS(=O)(=O)N1CCC(NCC(CC)(CC)CO)CC1. The van der Waals surface area contributed by atoms with E-state index in [9.17, 15) is 13.5 Å². The fourth-order valence-corrected chi connectivity index (χ4v) is 4.41. The second kappa shape index (κ2) is 8.46. The van der Waals surface area contributed by atoms with Crippen LogP contribution in [0.2, 0.25) is 0 Å². The molecule has 0 radical (unpaired) electrons. The zero-order valence-corrected chi connectivity index (χ0v) is 14.6. The van der Waals surface area contributed by atoms with Crippen LogP contribution in [-0.2, 0) is 10.0 Å². The van der Waals surface area contributed by atoms with Gasteiger partial charge in [0, 0.05) is 37.7 Å². The molecule has 1 aliphatic heterocycles. The van der Waals surface area contributed by atoms with Crippen LogP contribution in [0.5, 0.6) is 0 Å². The Balaban J connectivity index is 2.44. The number of sulfonamides is 1. The lowest BCUT2D eigenvalue weighted by molar-refractivity contribution is 0.106. The van der Waals surface area contributed by atoms with Crippen LogP contribution in [0.15, 0.2) is 0 Å². The number of aliphatic hydroxyl groups is 1. The van der Waals surface area contributed by atoms with Crippen molar-refractivity contribution in [3.05, 3.63) is 0 Å². The summed E-state index contributed by atoms with van der Waals surface area (Å²) in [5, 5.41) is 13.1. The molecule has 1 aliphatic rings. The van der Waals surface area contributed by atoms with Crippen molar-refractivity contribution in [2.45, 2.75) is 58.9 Å². The van der Waals surface area contributed by atoms with Gasteiger partial charge in [0.1, 0.15) is 0 Å². The highest BCUT2D eigenvalue weighted by atomic mass is 32.2. The van der Waals surface area contributed by atoms with Crippen LogP contribution >= 0.6 is 0 Å². The van der Waals surface area contributed by atoms with Crippen molar-refractivity contribution in [1.82, 2.24) is 9.62 Å². The molecular formula is C15H32N2O3S. The van der Waals surface area contributed by atoms with Crippen molar-refractivity contribution < 1.29 is 13.5 Å². The number of rotatable bonds is 9. The molecule has 5 nitrogen and oxygen atoms in total. The van der Waals surface area contributed by atoms with Gasteiger partial charge in [-0.25, -0.2) is 12.7 Å². The first-order valence-corrected chi connectivity index (χ1v) is 9.86. The van der Waals surface area contributed by atoms with Gasteiger partial charge in [-0.05, 0) is 32.1 Å². The number of aliphatic hydroxyl groups excluding tert-OH is 1. The van der Waals surface area contributed by atoms with E-state index in [0.29, 0.717) is 25.6 Å². The molecule has 2 N–H and O–H groups in total. The van der Waals surface area contributed by atoms with Crippen molar-refractivity contribution >= 4 is 10.0 Å². The highest BCUT2D eigenvalue weighted by Crippen LogP contribution is 2.25. The fourth-order valence-electron chi connectivity index (χ4n) is 2.87. The molecule has 1 fully saturated rings. The third-order valence-corrected chi connectivity index (χ3v) is 6.99. The second-order valence-electron chi connectivity index (χ2n) is 6.24. The molecule has 1 rings (SSSR count). The zero-order chi connectivity index (χ0) is 15.9. The lowest BCUT2D eigenvalue weighted by Gasteiger charge is -2.35. The maximum Gasteiger partial charge on any atom is 0.214 e. The minimum Gasteiger partial charge on any atom is -0.396 e. The molecule has 0 unspecified atom stereocenters. The summed E-state index contributed by atoms with van der Waals surface area (Å²) < 4.78 is 25.7. The van der Waals surface area contributed by atoms with Crippen LogP contribution in [0, 0.1) is 5.41 Å². The van der Waals surface area contributed by atoms with Crippen LogP contribution in [0.3, 0.4) is 0 Å². The third kappa shape index (κ3) is 5.20. The Morgan fingerprint density at radius 3 is 2.19 bits per heavy atom. The molecule has 0 aromatic heterocycles. The van der Waals surface area contributed by atoms with Crippen LogP contribution in [-0.4, -0.2) is 55.9 Å². The second-order valence-corrected chi connectivity index (χ2v) is 8.32. The lowest BCUT2D eigenvalue weighted by Crippen LogP contribution is -2.48. The Kier molecular flexibility index (Phi) is 7.60. The molecule has 0 amide bonds. The van der Waals surface area contributed by atoms with Gasteiger partial charge in [0.05, 0.1) is 5.75 Å². The summed E-state index contributed by atoms with van der Waals surface area (Å²) in [5.41, 5.74) is -0.0363. The summed E-state index contributed by atoms with van der Waals surface area (Å²) in [6.45, 7) is 8.37. The number of hydrogen-bond donors (Lipinski definition) is 2. The Morgan fingerprint density at radius 1 is 1.19 bits per heavy atom. The van der Waals surface area contributed by atoms with Gasteiger partial charge in [-0.2, -0.15) is 0 Å². The maximum atomic E-state index is 12.0. The summed E-state index contributed by atoms with van der Waals surface area (Å²) in [6, 6.07) is 0.363. The predicted octanol–water partition coefficient (Wildman–Crippen LogP) is 1.58. The van der Waals surface area contributed by atoms with Gasteiger partial charge in [0.2, 0.25) is 10.0 Å². The predicted molar refractivity (Wildman–Crippen MR) is 86.8 cm³/mol. The Labute approximate surface area is 130 Å². The first-order valence-electron chi connectivity index (χ1n) is 8.25. The van der Waals surface area contributed by atoms with E-state index in [1.54, 1.807) is 4.31 Å². The van der Waals surface area contributed by atoms with Gasteiger partial charge in [-0.3, -0.25) is 0 Å². The maximum absolute atomic E-state index is 12.0. The van der Waals surface area contributed by atoms with E-state index in [-0.39, 0.29) is 17.8 Å². The highest BCUT2D eigenvalue weighted by Gasteiger charge is 2.30. The summed E-state index contributed by atoms with van der Waals surface area (Å²) in [4.78, 5) is 0. The zero-order valence-electron chi connectivity index (χ0n) is 13.8. The van der Waals surface area contributed by atoms with Crippen molar-refractivity contribution in [3.8, 4) is 0 Å². The standard InChI is InChI=1S/C15H32N2O3S/c1-4-11-21(19,20)17-9-7-14(8-10-17)16-12-15(5-2,6-3)13-18/h14,16,18H,4-13H2,1-3H3. The molecule has 126 valence electrons. The van der Waals surface area contributed by atoms with Crippen molar-refractivity contribution in [3.63, 3.8) is 0 Å². The van der Waals surface area contributed by atoms with Crippen LogP contribution in [0.4, 0.5) is 0 Å². The Hall–Kier alpha value is -0.170. The summed E-state index contributed by atoms with van der Waals surface area (Å²) in [6.07, 6.45) is 4.30. The van der Waals surface area contributed by atoms with Crippen molar-refractivity contribution in [2.24, 2.45) is 5.41 Å². The molecular weight excluding hydrogens is 288 g/mol. The third-order valence-electron chi connectivity index (χ3n) is 4.91. The number of nitrogens with zero attached hydrogens (tertiary/aromatic N) is 1. The monoisotopic (exact) mass is 320 g/mol. The molecule has 0 aromatic rings. The number of piperidine rings is 1. The molecule has 0 bridgehead atoms. The Morgan fingerprint density at radius 2 is 1.76 bits per heavy atom. The average Bonchev–Trinajstić information content (AvgIpc) is 2.50.